The Morgan fingerprint density at radius 1 is 0.827 bits per heavy atom. The molecule has 0 spiro atoms. The van der Waals surface area contributed by atoms with Crippen LogP contribution in [-0.4, -0.2) is 94.3 Å². The van der Waals surface area contributed by atoms with Crippen LogP contribution in [0, 0.1) is 0 Å². The maximum atomic E-state index is 12.5. The summed E-state index contributed by atoms with van der Waals surface area (Å²) < 4.78 is 96.8. The minimum absolute atomic E-state index is 0.0824. The number of halogens is 9. The number of carbonyl (C=O) groups excluding carboxylic acids is 1. The molecule has 2 saturated heterocycles. The normalized spacial score (nSPS) is 18.5. The summed E-state index contributed by atoms with van der Waals surface area (Å²) in [4.78, 5) is 48.6. The molecule has 0 amide bonds. The summed E-state index contributed by atoms with van der Waals surface area (Å²) in [6.07, 6.45) is -7.56. The zero-order chi connectivity index (χ0) is 40.1. The van der Waals surface area contributed by atoms with E-state index in [0.717, 1.165) is 29.7 Å². The van der Waals surface area contributed by atoms with Crippen LogP contribution in [0.15, 0.2) is 24.5 Å². The zero-order valence-corrected chi connectivity index (χ0v) is 27.1. The summed E-state index contributed by atoms with van der Waals surface area (Å²) in [6.45, 7) is 4.95. The number of carboxylic acid groups (broad SMARTS) is 3. The summed E-state index contributed by atoms with van der Waals surface area (Å²) in [5.41, 5.74) is 9.58. The molecule has 52 heavy (non-hydrogen) atoms. The van der Waals surface area contributed by atoms with Crippen LogP contribution in [0.2, 0.25) is 0 Å². The number of hydrogen-bond donors (Lipinski definition) is 6. The molecule has 2 bridgehead atoms. The van der Waals surface area contributed by atoms with Crippen molar-refractivity contribution < 1.29 is 79.1 Å². The average Bonchev–Trinajstić information content (AvgIpc) is 3.58. The molecular weight excluding hydrogens is 731 g/mol. The van der Waals surface area contributed by atoms with Crippen molar-refractivity contribution in [2.75, 3.05) is 5.73 Å². The van der Waals surface area contributed by atoms with Gasteiger partial charge >= 0.3 is 36.4 Å². The SMILES string of the molecule is CC(=O)c1c(C2C[C@H]3CC[C@@H](C2)N3)nc2c(-c3ccc(C(C)(C)O)nc3)cnn2c1N.O=C(O)C(F)(F)F.O=C(O)C(F)(F)F.O=C(O)C(F)(F)F. The predicted octanol–water partition coefficient (Wildman–Crippen LogP) is 4.70. The fourth-order valence-electron chi connectivity index (χ4n) is 5.09. The smallest absolute Gasteiger partial charge is 0.475 e. The van der Waals surface area contributed by atoms with Gasteiger partial charge in [0.25, 0.3) is 0 Å². The lowest BCUT2D eigenvalue weighted by Crippen LogP contribution is -2.38. The van der Waals surface area contributed by atoms with Gasteiger partial charge < -0.3 is 31.5 Å². The van der Waals surface area contributed by atoms with Crippen molar-refractivity contribution in [2.45, 2.75) is 88.6 Å². The number of anilines is 1. The first-order valence-electron chi connectivity index (χ1n) is 14.6. The number of nitrogens with one attached hydrogen (secondary N) is 1. The Bertz CT molecular complexity index is 1700. The number of aromatic nitrogens is 4. The van der Waals surface area contributed by atoms with Crippen LogP contribution in [0.3, 0.4) is 0 Å². The van der Waals surface area contributed by atoms with E-state index in [1.807, 2.05) is 6.07 Å². The number of nitrogen functional groups attached to an aromatic ring is 1. The molecule has 288 valence electrons. The molecule has 0 aliphatic carbocycles. The molecule has 2 aliphatic rings. The lowest BCUT2D eigenvalue weighted by molar-refractivity contribution is -0.193. The average molecular weight is 763 g/mol. The number of Topliss-reactive ketones (excluding diaryl/α,β-unsaturated/α-hetero) is 1. The van der Waals surface area contributed by atoms with Gasteiger partial charge in [-0.1, -0.05) is 6.07 Å². The Hall–Kier alpha value is -5.06. The second kappa shape index (κ2) is 16.1. The van der Waals surface area contributed by atoms with E-state index in [2.05, 4.69) is 15.4 Å². The highest BCUT2D eigenvalue weighted by atomic mass is 19.4. The van der Waals surface area contributed by atoms with Crippen molar-refractivity contribution >= 4 is 35.2 Å². The fourth-order valence-corrected chi connectivity index (χ4v) is 5.09. The highest BCUT2D eigenvalue weighted by Crippen LogP contribution is 2.40. The molecule has 3 aromatic rings. The summed E-state index contributed by atoms with van der Waals surface area (Å²) in [6, 6.07) is 4.66. The third kappa shape index (κ3) is 11.5. The number of piperidine rings is 1. The lowest BCUT2D eigenvalue weighted by atomic mass is 9.86. The first-order valence-corrected chi connectivity index (χ1v) is 14.6. The van der Waals surface area contributed by atoms with E-state index in [1.54, 1.807) is 43.7 Å². The van der Waals surface area contributed by atoms with Crippen LogP contribution >= 0.6 is 0 Å². The summed E-state index contributed by atoms with van der Waals surface area (Å²) in [7, 11) is 0. The van der Waals surface area contributed by atoms with Crippen LogP contribution < -0.4 is 11.1 Å². The topological polar surface area (TPSA) is 230 Å². The van der Waals surface area contributed by atoms with Crippen molar-refractivity contribution in [3.8, 4) is 11.1 Å². The van der Waals surface area contributed by atoms with E-state index in [1.165, 1.54) is 12.8 Å². The van der Waals surface area contributed by atoms with Gasteiger partial charge in [0.05, 0.1) is 23.1 Å². The molecule has 23 heteroatoms. The molecule has 3 aromatic heterocycles. The van der Waals surface area contributed by atoms with Gasteiger partial charge in [-0.05, 0) is 52.5 Å². The van der Waals surface area contributed by atoms with Crippen LogP contribution in [0.25, 0.3) is 16.8 Å². The van der Waals surface area contributed by atoms with Gasteiger partial charge in [-0.25, -0.2) is 19.4 Å². The third-order valence-corrected chi connectivity index (χ3v) is 7.35. The first-order chi connectivity index (χ1) is 23.5. The molecule has 1 unspecified atom stereocenters. The van der Waals surface area contributed by atoms with Gasteiger partial charge in [0.15, 0.2) is 11.4 Å². The Balaban J connectivity index is 0.000000365. The van der Waals surface area contributed by atoms with Gasteiger partial charge in [0.2, 0.25) is 0 Å². The monoisotopic (exact) mass is 762 g/mol. The van der Waals surface area contributed by atoms with Crippen LogP contribution in [-0.2, 0) is 20.0 Å². The molecule has 2 fully saturated rings. The van der Waals surface area contributed by atoms with Crippen LogP contribution in [0.1, 0.15) is 74.1 Å². The van der Waals surface area contributed by atoms with E-state index >= 15 is 0 Å². The first kappa shape index (κ1) is 43.1. The van der Waals surface area contributed by atoms with Gasteiger partial charge in [-0.2, -0.15) is 49.1 Å². The van der Waals surface area contributed by atoms with Crippen molar-refractivity contribution in [2.24, 2.45) is 0 Å². The Labute approximate surface area is 286 Å². The van der Waals surface area contributed by atoms with Crippen molar-refractivity contribution in [1.29, 1.82) is 0 Å². The van der Waals surface area contributed by atoms with Gasteiger partial charge in [-0.15, -0.1) is 0 Å². The van der Waals surface area contributed by atoms with Crippen molar-refractivity contribution in [3.63, 3.8) is 0 Å². The van der Waals surface area contributed by atoms with Crippen molar-refractivity contribution in [1.82, 2.24) is 24.9 Å². The molecule has 0 aromatic carbocycles. The Kier molecular flexibility index (Phi) is 13.3. The minimum atomic E-state index is -5.08. The van der Waals surface area contributed by atoms with Crippen molar-refractivity contribution in [3.05, 3.63) is 41.5 Å². The molecule has 2 aliphatic heterocycles. The van der Waals surface area contributed by atoms with Gasteiger partial charge in [0.1, 0.15) is 11.4 Å². The summed E-state index contributed by atoms with van der Waals surface area (Å²) in [5, 5.41) is 39.6. The number of carboxylic acids is 3. The predicted molar refractivity (Wildman–Crippen MR) is 159 cm³/mol. The Morgan fingerprint density at radius 3 is 1.62 bits per heavy atom. The quantitative estimate of drug-likeness (QED) is 0.157. The highest BCUT2D eigenvalue weighted by molar-refractivity contribution is 6.00. The standard InChI is InChI=1S/C23H28N6O2.3C2HF3O2/c1-12(30)19-20(14-8-15-5-6-16(9-14)27-15)28-22-17(11-26-29(22)21(19)24)13-4-7-18(25-10-13)23(2,3)31;3*3-2(4,5)1(6)7/h4,7,10-11,14-16,27,31H,5-6,8-9,24H2,1-3H3;3*(H,6,7)/t14?,15-,16+;;;. The van der Waals surface area contributed by atoms with E-state index in [4.69, 9.17) is 40.4 Å². The lowest BCUT2D eigenvalue weighted by Gasteiger charge is -2.30. The number of aliphatic hydroxyl groups is 1. The molecule has 5 rings (SSSR count). The third-order valence-electron chi connectivity index (χ3n) is 7.35. The van der Waals surface area contributed by atoms with E-state index in [0.29, 0.717) is 34.8 Å². The number of alkyl halides is 9. The second-order valence-corrected chi connectivity index (χ2v) is 11.8. The summed E-state index contributed by atoms with van der Waals surface area (Å²) >= 11 is 0. The molecule has 7 N–H and O–H groups in total. The highest BCUT2D eigenvalue weighted by Gasteiger charge is 2.40. The van der Waals surface area contributed by atoms with Gasteiger partial charge in [0, 0.05) is 35.3 Å². The largest absolute Gasteiger partial charge is 0.490 e. The number of carbonyl (C=O) groups is 4. The number of hydrogen-bond acceptors (Lipinski definition) is 10. The minimum Gasteiger partial charge on any atom is -0.475 e. The second-order valence-electron chi connectivity index (χ2n) is 11.8. The number of fused-ring (bicyclic) bond motifs is 3. The maximum absolute atomic E-state index is 12.5. The molecule has 3 atom stereocenters. The van der Waals surface area contributed by atoms with Crippen LogP contribution in [0.5, 0.6) is 0 Å². The van der Waals surface area contributed by atoms with Crippen LogP contribution in [0.4, 0.5) is 45.3 Å². The Morgan fingerprint density at radius 2 is 1.27 bits per heavy atom. The van der Waals surface area contributed by atoms with Gasteiger partial charge in [-0.3, -0.25) is 9.78 Å². The van der Waals surface area contributed by atoms with E-state index < -0.39 is 42.0 Å². The maximum Gasteiger partial charge on any atom is 0.490 e. The number of rotatable bonds is 4. The molecule has 5 heterocycles. The summed E-state index contributed by atoms with van der Waals surface area (Å²) in [5.74, 6) is -7.82. The number of ketones is 1. The molecule has 0 radical (unpaired) electrons. The number of aliphatic carboxylic acids is 3. The van der Waals surface area contributed by atoms with E-state index in [-0.39, 0.29) is 11.7 Å². The van der Waals surface area contributed by atoms with E-state index in [9.17, 15) is 49.4 Å². The number of pyridine rings is 1. The number of nitrogens with zero attached hydrogens (tertiary/aromatic N) is 4. The number of nitrogens with two attached hydrogens (primary N) is 1. The zero-order valence-electron chi connectivity index (χ0n) is 27.1. The molecule has 0 saturated carbocycles. The fraction of sp³-hybridized carbons (Fsp3) is 0.483. The molecular formula is C29H31F9N6O8. The molecule has 14 nitrogen and oxygen atoms in total.